The average molecular weight is 343 g/mol. The van der Waals surface area contributed by atoms with Crippen LogP contribution in [-0.4, -0.2) is 38.9 Å². The summed E-state index contributed by atoms with van der Waals surface area (Å²) >= 11 is 0. The molecule has 25 heavy (non-hydrogen) atoms. The standard InChI is InChI=1S/C20H29N3O2/c1-15(16-5-7-17(8-6-16)19(2,3)4)23-14-18(21-22-23)13-20(24)9-11-25-12-10-20/h5-8,14-15,24H,9-13H2,1-4H3. The lowest BCUT2D eigenvalue weighted by molar-refractivity contribution is -0.0630. The van der Waals surface area contributed by atoms with Crippen molar-refractivity contribution in [3.8, 4) is 0 Å². The zero-order valence-electron chi connectivity index (χ0n) is 15.7. The average Bonchev–Trinajstić information content (AvgIpc) is 3.02. The van der Waals surface area contributed by atoms with E-state index in [1.807, 2.05) is 10.9 Å². The quantitative estimate of drug-likeness (QED) is 0.925. The number of aromatic nitrogens is 3. The Morgan fingerprint density at radius 3 is 2.44 bits per heavy atom. The van der Waals surface area contributed by atoms with E-state index in [2.05, 4.69) is 62.3 Å². The second kappa shape index (κ2) is 6.89. The van der Waals surface area contributed by atoms with Crippen LogP contribution in [0.15, 0.2) is 30.5 Å². The van der Waals surface area contributed by atoms with Gasteiger partial charge in [-0.3, -0.25) is 0 Å². The van der Waals surface area contributed by atoms with Crippen molar-refractivity contribution < 1.29 is 9.84 Å². The van der Waals surface area contributed by atoms with E-state index in [0.717, 1.165) is 5.69 Å². The summed E-state index contributed by atoms with van der Waals surface area (Å²) in [6.45, 7) is 10.00. The summed E-state index contributed by atoms with van der Waals surface area (Å²) in [5.74, 6) is 0. The summed E-state index contributed by atoms with van der Waals surface area (Å²) in [6.07, 6.45) is 3.80. The van der Waals surface area contributed by atoms with Gasteiger partial charge in [-0.05, 0) is 36.3 Å². The molecular weight excluding hydrogens is 314 g/mol. The van der Waals surface area contributed by atoms with Crippen molar-refractivity contribution in [3.63, 3.8) is 0 Å². The first-order valence-electron chi connectivity index (χ1n) is 9.08. The van der Waals surface area contributed by atoms with Gasteiger partial charge in [0.1, 0.15) is 0 Å². The maximum Gasteiger partial charge on any atom is 0.0856 e. The van der Waals surface area contributed by atoms with Gasteiger partial charge in [0.15, 0.2) is 0 Å². The molecule has 1 unspecified atom stereocenters. The molecule has 1 saturated heterocycles. The second-order valence-corrected chi connectivity index (χ2v) is 8.25. The maximum atomic E-state index is 10.6. The Kier molecular flexibility index (Phi) is 4.98. The molecule has 2 heterocycles. The number of nitrogens with zero attached hydrogens (tertiary/aromatic N) is 3. The number of ether oxygens (including phenoxy) is 1. The molecule has 1 aromatic heterocycles. The first kappa shape index (κ1) is 18.1. The summed E-state index contributed by atoms with van der Waals surface area (Å²) in [4.78, 5) is 0. The molecular formula is C20H29N3O2. The zero-order valence-corrected chi connectivity index (χ0v) is 15.7. The van der Waals surface area contributed by atoms with Crippen LogP contribution < -0.4 is 0 Å². The molecule has 3 rings (SSSR count). The minimum Gasteiger partial charge on any atom is -0.389 e. The fourth-order valence-corrected chi connectivity index (χ4v) is 3.26. The molecule has 0 spiro atoms. The van der Waals surface area contributed by atoms with Crippen LogP contribution in [0.2, 0.25) is 0 Å². The van der Waals surface area contributed by atoms with E-state index >= 15 is 0 Å². The predicted molar refractivity (Wildman–Crippen MR) is 97.7 cm³/mol. The van der Waals surface area contributed by atoms with Crippen molar-refractivity contribution in [1.82, 2.24) is 15.0 Å². The van der Waals surface area contributed by atoms with Crippen molar-refractivity contribution in [2.24, 2.45) is 0 Å². The highest BCUT2D eigenvalue weighted by Crippen LogP contribution is 2.27. The van der Waals surface area contributed by atoms with E-state index in [-0.39, 0.29) is 11.5 Å². The van der Waals surface area contributed by atoms with Gasteiger partial charge in [-0.15, -0.1) is 5.10 Å². The molecule has 1 aliphatic heterocycles. The maximum absolute atomic E-state index is 10.6. The molecule has 5 heteroatoms. The molecule has 1 fully saturated rings. The predicted octanol–water partition coefficient (Wildman–Crippen LogP) is 3.27. The Hall–Kier alpha value is -1.72. The van der Waals surface area contributed by atoms with Gasteiger partial charge < -0.3 is 9.84 Å². The van der Waals surface area contributed by atoms with Crippen LogP contribution in [0, 0.1) is 0 Å². The van der Waals surface area contributed by atoms with Gasteiger partial charge in [0.2, 0.25) is 0 Å². The van der Waals surface area contributed by atoms with Crippen LogP contribution in [-0.2, 0) is 16.6 Å². The monoisotopic (exact) mass is 343 g/mol. The third kappa shape index (κ3) is 4.28. The van der Waals surface area contributed by atoms with Crippen molar-refractivity contribution in [2.75, 3.05) is 13.2 Å². The second-order valence-electron chi connectivity index (χ2n) is 8.25. The Balaban J connectivity index is 1.71. The molecule has 1 N–H and O–H groups in total. The molecule has 0 bridgehead atoms. The molecule has 1 atom stereocenters. The number of rotatable bonds is 4. The molecule has 1 aliphatic rings. The fraction of sp³-hybridized carbons (Fsp3) is 0.600. The van der Waals surface area contributed by atoms with E-state index in [1.165, 1.54) is 11.1 Å². The van der Waals surface area contributed by atoms with Gasteiger partial charge in [-0.1, -0.05) is 50.3 Å². The SMILES string of the molecule is CC(c1ccc(C(C)(C)C)cc1)n1cc(CC2(O)CCOCC2)nn1. The Bertz CT molecular complexity index is 694. The topological polar surface area (TPSA) is 60.2 Å². The highest BCUT2D eigenvalue weighted by molar-refractivity contribution is 5.29. The van der Waals surface area contributed by atoms with Crippen molar-refractivity contribution in [3.05, 3.63) is 47.3 Å². The number of hydrogen-bond donors (Lipinski definition) is 1. The Morgan fingerprint density at radius 1 is 1.20 bits per heavy atom. The van der Waals surface area contributed by atoms with E-state index in [0.29, 0.717) is 32.5 Å². The van der Waals surface area contributed by atoms with Gasteiger partial charge >= 0.3 is 0 Å². The third-order valence-corrected chi connectivity index (χ3v) is 5.15. The molecule has 0 aliphatic carbocycles. The molecule has 1 aromatic carbocycles. The van der Waals surface area contributed by atoms with Crippen LogP contribution in [0.1, 0.15) is 63.4 Å². The summed E-state index contributed by atoms with van der Waals surface area (Å²) in [6, 6.07) is 8.82. The molecule has 0 amide bonds. The first-order valence-corrected chi connectivity index (χ1v) is 9.08. The van der Waals surface area contributed by atoms with Gasteiger partial charge in [-0.2, -0.15) is 0 Å². The summed E-state index contributed by atoms with van der Waals surface area (Å²) in [7, 11) is 0. The van der Waals surface area contributed by atoms with Gasteiger partial charge in [0, 0.05) is 25.8 Å². The Labute approximate surface area is 150 Å². The van der Waals surface area contributed by atoms with Gasteiger partial charge in [0.25, 0.3) is 0 Å². The summed E-state index contributed by atoms with van der Waals surface area (Å²) in [5, 5.41) is 19.2. The van der Waals surface area contributed by atoms with Gasteiger partial charge in [-0.25, -0.2) is 4.68 Å². The van der Waals surface area contributed by atoms with E-state index < -0.39 is 5.60 Å². The van der Waals surface area contributed by atoms with Crippen molar-refractivity contribution in [1.29, 1.82) is 0 Å². The fourth-order valence-electron chi connectivity index (χ4n) is 3.26. The van der Waals surface area contributed by atoms with Gasteiger partial charge in [0.05, 0.1) is 17.3 Å². The molecule has 2 aromatic rings. The van der Waals surface area contributed by atoms with E-state index in [1.54, 1.807) is 0 Å². The van der Waals surface area contributed by atoms with Crippen LogP contribution in [0.4, 0.5) is 0 Å². The smallest absolute Gasteiger partial charge is 0.0856 e. The molecule has 0 saturated carbocycles. The number of benzene rings is 1. The molecule has 0 radical (unpaired) electrons. The summed E-state index contributed by atoms with van der Waals surface area (Å²) < 4.78 is 7.22. The largest absolute Gasteiger partial charge is 0.389 e. The van der Waals surface area contributed by atoms with E-state index in [9.17, 15) is 5.11 Å². The normalized spacial score (nSPS) is 18.9. The van der Waals surface area contributed by atoms with Crippen LogP contribution in [0.3, 0.4) is 0 Å². The van der Waals surface area contributed by atoms with Crippen LogP contribution in [0.5, 0.6) is 0 Å². The summed E-state index contributed by atoms with van der Waals surface area (Å²) in [5.41, 5.74) is 2.80. The zero-order chi connectivity index (χ0) is 18.1. The molecule has 5 nitrogen and oxygen atoms in total. The minimum absolute atomic E-state index is 0.111. The van der Waals surface area contributed by atoms with E-state index in [4.69, 9.17) is 4.74 Å². The lowest BCUT2D eigenvalue weighted by Gasteiger charge is -2.31. The number of aliphatic hydroxyl groups is 1. The van der Waals surface area contributed by atoms with Crippen molar-refractivity contribution in [2.45, 2.75) is 64.0 Å². The number of hydrogen-bond acceptors (Lipinski definition) is 4. The van der Waals surface area contributed by atoms with Crippen LogP contribution >= 0.6 is 0 Å². The highest BCUT2D eigenvalue weighted by Gasteiger charge is 2.31. The highest BCUT2D eigenvalue weighted by atomic mass is 16.5. The lowest BCUT2D eigenvalue weighted by Crippen LogP contribution is -2.38. The van der Waals surface area contributed by atoms with Crippen LogP contribution in [0.25, 0.3) is 0 Å². The first-order chi connectivity index (χ1) is 11.8. The van der Waals surface area contributed by atoms with Crippen molar-refractivity contribution >= 4 is 0 Å². The minimum atomic E-state index is -0.712. The molecule has 136 valence electrons. The third-order valence-electron chi connectivity index (χ3n) is 5.15. The lowest BCUT2D eigenvalue weighted by atomic mass is 9.86. The Morgan fingerprint density at radius 2 is 1.84 bits per heavy atom.